The molecule has 0 aliphatic heterocycles. The summed E-state index contributed by atoms with van der Waals surface area (Å²) in [5, 5.41) is 0.905. The number of thiol groups is 1. The lowest BCUT2D eigenvalue weighted by atomic mass is 10.3. The fraction of sp³-hybridized carbons (Fsp3) is 0. The standard InChI is InChI=1S/C12H9Cl2O2PS2/c13-9-5-1-3-7-11(9)15-17(18,19)16-12-8-4-2-6-10(12)14/h1-8H,(H,18,19). The van der Waals surface area contributed by atoms with Crippen LogP contribution in [0.3, 0.4) is 0 Å². The van der Waals surface area contributed by atoms with Crippen molar-refractivity contribution in [3.8, 4) is 11.5 Å². The number of rotatable bonds is 4. The van der Waals surface area contributed by atoms with E-state index < -0.39 is 5.69 Å². The van der Waals surface area contributed by atoms with Gasteiger partial charge in [0.2, 0.25) is 0 Å². The lowest BCUT2D eigenvalue weighted by Crippen LogP contribution is -1.96. The minimum Gasteiger partial charge on any atom is -0.427 e. The van der Waals surface area contributed by atoms with Gasteiger partial charge in [0, 0.05) is 0 Å². The van der Waals surface area contributed by atoms with Crippen LogP contribution in [0.5, 0.6) is 11.5 Å². The van der Waals surface area contributed by atoms with E-state index in [1.807, 2.05) is 0 Å². The summed E-state index contributed by atoms with van der Waals surface area (Å²) < 4.78 is 11.1. The Kier molecular flexibility index (Phi) is 5.04. The summed E-state index contributed by atoms with van der Waals surface area (Å²) >= 11 is 21.5. The van der Waals surface area contributed by atoms with Gasteiger partial charge in [-0.1, -0.05) is 59.7 Å². The molecule has 0 heterocycles. The second kappa shape index (κ2) is 6.38. The minimum atomic E-state index is -2.83. The number of para-hydroxylation sites is 2. The molecule has 0 spiro atoms. The third kappa shape index (κ3) is 4.30. The SMILES string of the molecule is S=P(S)(Oc1ccccc1Cl)Oc1ccccc1Cl. The van der Waals surface area contributed by atoms with Gasteiger partial charge in [0.25, 0.3) is 0 Å². The molecule has 2 rings (SSSR count). The minimum absolute atomic E-state index is 0.439. The van der Waals surface area contributed by atoms with Crippen LogP contribution in [-0.2, 0) is 11.8 Å². The summed E-state index contributed by atoms with van der Waals surface area (Å²) in [5.74, 6) is 0.879. The van der Waals surface area contributed by atoms with E-state index in [2.05, 4.69) is 12.2 Å². The molecular weight excluding hydrogens is 342 g/mol. The van der Waals surface area contributed by atoms with Crippen LogP contribution in [0.15, 0.2) is 48.5 Å². The molecule has 0 fully saturated rings. The van der Waals surface area contributed by atoms with Crippen molar-refractivity contribution in [2.45, 2.75) is 0 Å². The van der Waals surface area contributed by atoms with Crippen molar-refractivity contribution in [2.24, 2.45) is 0 Å². The molecular formula is C12H9Cl2O2PS2. The van der Waals surface area contributed by atoms with Crippen LogP contribution in [0.1, 0.15) is 0 Å². The molecule has 0 aliphatic carbocycles. The molecule has 0 aromatic heterocycles. The molecule has 0 radical (unpaired) electrons. The van der Waals surface area contributed by atoms with Gasteiger partial charge in [-0.25, -0.2) is 0 Å². The molecule has 0 unspecified atom stereocenters. The Morgan fingerprint density at radius 3 is 1.58 bits per heavy atom. The smallest absolute Gasteiger partial charge is 0.345 e. The zero-order chi connectivity index (χ0) is 13.9. The maximum Gasteiger partial charge on any atom is 0.345 e. The molecule has 0 N–H and O–H groups in total. The normalized spacial score (nSPS) is 11.1. The summed E-state index contributed by atoms with van der Waals surface area (Å²) in [6, 6.07) is 14.0. The molecule has 100 valence electrons. The molecule has 19 heavy (non-hydrogen) atoms. The van der Waals surface area contributed by atoms with E-state index in [4.69, 9.17) is 44.1 Å². The molecule has 2 aromatic rings. The Bertz CT molecular complexity index is 585. The van der Waals surface area contributed by atoms with Gasteiger partial charge in [-0.15, -0.1) is 0 Å². The second-order valence-electron chi connectivity index (χ2n) is 3.51. The van der Waals surface area contributed by atoms with Crippen molar-refractivity contribution >= 4 is 53.0 Å². The number of halogens is 2. The van der Waals surface area contributed by atoms with E-state index in [0.29, 0.717) is 21.5 Å². The van der Waals surface area contributed by atoms with Crippen LogP contribution in [0.25, 0.3) is 0 Å². The van der Waals surface area contributed by atoms with Crippen LogP contribution < -0.4 is 9.05 Å². The zero-order valence-corrected chi connectivity index (χ0v) is 13.6. The van der Waals surface area contributed by atoms with E-state index >= 15 is 0 Å². The third-order valence-electron chi connectivity index (χ3n) is 2.10. The average molecular weight is 351 g/mol. The maximum atomic E-state index is 6.00. The fourth-order valence-electron chi connectivity index (χ4n) is 1.30. The van der Waals surface area contributed by atoms with Gasteiger partial charge in [-0.2, -0.15) is 0 Å². The monoisotopic (exact) mass is 350 g/mol. The highest BCUT2D eigenvalue weighted by Crippen LogP contribution is 2.54. The number of hydrogen-bond acceptors (Lipinski definition) is 3. The lowest BCUT2D eigenvalue weighted by Gasteiger charge is -2.19. The van der Waals surface area contributed by atoms with Crippen molar-refractivity contribution in [1.82, 2.24) is 0 Å². The molecule has 0 aliphatic rings. The molecule has 7 heteroatoms. The van der Waals surface area contributed by atoms with Gasteiger partial charge < -0.3 is 9.05 Å². The lowest BCUT2D eigenvalue weighted by molar-refractivity contribution is 0.507. The highest BCUT2D eigenvalue weighted by Gasteiger charge is 2.19. The molecule has 0 atom stereocenters. The second-order valence-corrected chi connectivity index (χ2v) is 9.46. The number of benzene rings is 2. The van der Waals surface area contributed by atoms with Crippen molar-refractivity contribution < 1.29 is 9.05 Å². The zero-order valence-electron chi connectivity index (χ0n) is 9.49. The van der Waals surface area contributed by atoms with Crippen LogP contribution in [-0.4, -0.2) is 0 Å². The Labute approximate surface area is 132 Å². The van der Waals surface area contributed by atoms with Crippen LogP contribution in [0, 0.1) is 0 Å². The van der Waals surface area contributed by atoms with E-state index in [0.717, 1.165) is 0 Å². The first kappa shape index (κ1) is 15.0. The van der Waals surface area contributed by atoms with E-state index in [9.17, 15) is 0 Å². The van der Waals surface area contributed by atoms with Crippen molar-refractivity contribution in [3.63, 3.8) is 0 Å². The molecule has 2 nitrogen and oxygen atoms in total. The largest absolute Gasteiger partial charge is 0.427 e. The Hall–Kier alpha value is -0.380. The molecule has 0 bridgehead atoms. The summed E-state index contributed by atoms with van der Waals surface area (Å²) in [7, 11) is 0. The van der Waals surface area contributed by atoms with Crippen molar-refractivity contribution in [3.05, 3.63) is 58.6 Å². The predicted molar refractivity (Wildman–Crippen MR) is 87.4 cm³/mol. The third-order valence-corrected chi connectivity index (χ3v) is 4.52. The summed E-state index contributed by atoms with van der Waals surface area (Å²) in [5.41, 5.74) is -2.83. The molecule has 0 saturated heterocycles. The molecule has 2 aromatic carbocycles. The quantitative estimate of drug-likeness (QED) is 0.571. The summed E-state index contributed by atoms with van der Waals surface area (Å²) in [6.07, 6.45) is 0. The summed E-state index contributed by atoms with van der Waals surface area (Å²) in [6.45, 7) is 0. The summed E-state index contributed by atoms with van der Waals surface area (Å²) in [4.78, 5) is 0. The van der Waals surface area contributed by atoms with Crippen molar-refractivity contribution in [1.29, 1.82) is 0 Å². The molecule has 0 saturated carbocycles. The Morgan fingerprint density at radius 1 is 0.842 bits per heavy atom. The predicted octanol–water partition coefficient (Wildman–Crippen LogP) is 5.61. The first-order chi connectivity index (χ1) is 8.98. The van der Waals surface area contributed by atoms with Gasteiger partial charge in [0.05, 0.1) is 10.0 Å². The first-order valence-corrected chi connectivity index (χ1v) is 9.74. The fourth-order valence-corrected chi connectivity index (χ4v) is 3.62. The molecule has 0 amide bonds. The van der Waals surface area contributed by atoms with Crippen LogP contribution in [0.2, 0.25) is 10.0 Å². The number of hydrogen-bond donors (Lipinski definition) is 1. The topological polar surface area (TPSA) is 18.5 Å². The first-order valence-electron chi connectivity index (χ1n) is 5.19. The van der Waals surface area contributed by atoms with Crippen LogP contribution in [0.4, 0.5) is 0 Å². The van der Waals surface area contributed by atoms with E-state index in [1.165, 1.54) is 0 Å². The van der Waals surface area contributed by atoms with Gasteiger partial charge in [-0.05, 0) is 36.1 Å². The van der Waals surface area contributed by atoms with E-state index in [-0.39, 0.29) is 0 Å². The van der Waals surface area contributed by atoms with E-state index in [1.54, 1.807) is 48.5 Å². The van der Waals surface area contributed by atoms with Gasteiger partial charge in [-0.3, -0.25) is 0 Å². The average Bonchev–Trinajstić information content (AvgIpc) is 2.35. The van der Waals surface area contributed by atoms with Gasteiger partial charge >= 0.3 is 5.69 Å². The Balaban J connectivity index is 2.18. The Morgan fingerprint density at radius 2 is 1.21 bits per heavy atom. The highest BCUT2D eigenvalue weighted by molar-refractivity contribution is 8.60. The maximum absolute atomic E-state index is 6.00. The highest BCUT2D eigenvalue weighted by atomic mass is 35.5. The van der Waals surface area contributed by atoms with Gasteiger partial charge in [0.1, 0.15) is 11.5 Å². The van der Waals surface area contributed by atoms with Crippen LogP contribution >= 0.6 is 41.1 Å². The van der Waals surface area contributed by atoms with Crippen molar-refractivity contribution in [2.75, 3.05) is 0 Å². The van der Waals surface area contributed by atoms with Gasteiger partial charge in [0.15, 0.2) is 0 Å².